The predicted molar refractivity (Wildman–Crippen MR) is 92.7 cm³/mol. The summed E-state index contributed by atoms with van der Waals surface area (Å²) < 4.78 is 15.1. The molecule has 1 N–H and O–H groups in total. The number of carbonyl (C=O) groups excluding carboxylic acids is 1. The SMILES string of the molecule is Cc1cc(=O)n(CC(=O)Nc2ccccc2F)c2c(C)cccc12. The van der Waals surface area contributed by atoms with E-state index in [1.807, 2.05) is 32.0 Å². The zero-order chi connectivity index (χ0) is 17.3. The van der Waals surface area contributed by atoms with Crippen LogP contribution in [0.2, 0.25) is 0 Å². The van der Waals surface area contributed by atoms with E-state index in [1.54, 1.807) is 12.1 Å². The molecule has 24 heavy (non-hydrogen) atoms. The van der Waals surface area contributed by atoms with Gasteiger partial charge in [-0.1, -0.05) is 30.3 Å². The molecule has 0 bridgehead atoms. The molecule has 0 spiro atoms. The molecule has 0 aliphatic heterocycles. The van der Waals surface area contributed by atoms with Gasteiger partial charge >= 0.3 is 0 Å². The first kappa shape index (κ1) is 15.9. The van der Waals surface area contributed by atoms with Gasteiger partial charge < -0.3 is 5.32 Å². The summed E-state index contributed by atoms with van der Waals surface area (Å²) in [6.07, 6.45) is 0. The van der Waals surface area contributed by atoms with Crippen molar-refractivity contribution in [1.82, 2.24) is 4.57 Å². The zero-order valence-corrected chi connectivity index (χ0v) is 13.5. The molecular formula is C19H17FN2O2. The Morgan fingerprint density at radius 1 is 1.08 bits per heavy atom. The molecule has 0 aliphatic rings. The Kier molecular flexibility index (Phi) is 4.16. The highest BCUT2D eigenvalue weighted by Crippen LogP contribution is 2.20. The minimum atomic E-state index is -0.511. The van der Waals surface area contributed by atoms with E-state index in [0.717, 1.165) is 22.0 Å². The van der Waals surface area contributed by atoms with E-state index < -0.39 is 11.7 Å². The summed E-state index contributed by atoms with van der Waals surface area (Å²) in [5.41, 5.74) is 2.35. The van der Waals surface area contributed by atoms with Crippen molar-refractivity contribution in [2.45, 2.75) is 20.4 Å². The average molecular weight is 324 g/mol. The van der Waals surface area contributed by atoms with Crippen molar-refractivity contribution in [2.24, 2.45) is 0 Å². The highest BCUT2D eigenvalue weighted by molar-refractivity contribution is 5.92. The Bertz CT molecular complexity index is 992. The molecule has 0 atom stereocenters. The summed E-state index contributed by atoms with van der Waals surface area (Å²) in [6, 6.07) is 13.2. The van der Waals surface area contributed by atoms with Crippen LogP contribution in [0.5, 0.6) is 0 Å². The van der Waals surface area contributed by atoms with E-state index in [2.05, 4.69) is 5.32 Å². The molecule has 0 fully saturated rings. The third kappa shape index (κ3) is 2.93. The van der Waals surface area contributed by atoms with Gasteiger partial charge in [-0.05, 0) is 37.1 Å². The number of anilines is 1. The standard InChI is InChI=1S/C19H17FN2O2/c1-12-6-5-7-14-13(2)10-18(24)22(19(12)14)11-17(23)21-16-9-4-3-8-15(16)20/h3-10H,11H2,1-2H3,(H,21,23). The van der Waals surface area contributed by atoms with Crippen LogP contribution in [0.4, 0.5) is 10.1 Å². The summed E-state index contributed by atoms with van der Waals surface area (Å²) in [7, 11) is 0. The molecule has 0 unspecified atom stereocenters. The summed E-state index contributed by atoms with van der Waals surface area (Å²) in [5, 5.41) is 3.44. The normalized spacial score (nSPS) is 10.8. The molecule has 0 radical (unpaired) electrons. The van der Waals surface area contributed by atoms with Gasteiger partial charge in [0.1, 0.15) is 12.4 Å². The molecule has 3 aromatic rings. The minimum absolute atomic E-state index is 0.101. The molecule has 0 saturated carbocycles. The number of amides is 1. The monoisotopic (exact) mass is 324 g/mol. The van der Waals surface area contributed by atoms with Crippen molar-refractivity contribution in [3.8, 4) is 0 Å². The highest BCUT2D eigenvalue weighted by atomic mass is 19.1. The largest absolute Gasteiger partial charge is 0.322 e. The van der Waals surface area contributed by atoms with Gasteiger partial charge in [0.15, 0.2) is 0 Å². The minimum Gasteiger partial charge on any atom is -0.322 e. The maximum atomic E-state index is 13.7. The van der Waals surface area contributed by atoms with Crippen LogP contribution in [0.3, 0.4) is 0 Å². The smallest absolute Gasteiger partial charge is 0.251 e. The second-order valence-electron chi connectivity index (χ2n) is 5.75. The van der Waals surface area contributed by atoms with Crippen molar-refractivity contribution in [3.63, 3.8) is 0 Å². The second kappa shape index (κ2) is 6.28. The quantitative estimate of drug-likeness (QED) is 0.803. The van der Waals surface area contributed by atoms with E-state index in [0.29, 0.717) is 0 Å². The van der Waals surface area contributed by atoms with Crippen LogP contribution in [0.1, 0.15) is 11.1 Å². The summed E-state index contributed by atoms with van der Waals surface area (Å²) >= 11 is 0. The number of halogens is 1. The van der Waals surface area contributed by atoms with Crippen molar-refractivity contribution < 1.29 is 9.18 Å². The topological polar surface area (TPSA) is 51.1 Å². The van der Waals surface area contributed by atoms with E-state index in [1.165, 1.54) is 22.8 Å². The lowest BCUT2D eigenvalue weighted by Gasteiger charge is -2.14. The van der Waals surface area contributed by atoms with Gasteiger partial charge in [-0.15, -0.1) is 0 Å². The molecule has 122 valence electrons. The Morgan fingerprint density at radius 3 is 2.58 bits per heavy atom. The summed E-state index contributed by atoms with van der Waals surface area (Å²) in [4.78, 5) is 24.7. The Balaban J connectivity index is 2.00. The van der Waals surface area contributed by atoms with Gasteiger partial charge in [-0.3, -0.25) is 14.2 Å². The molecule has 1 amide bonds. The molecule has 1 aromatic heterocycles. The number of aryl methyl sites for hydroxylation is 2. The van der Waals surface area contributed by atoms with Gasteiger partial charge in [0.05, 0.1) is 11.2 Å². The first-order chi connectivity index (χ1) is 11.5. The maximum Gasteiger partial charge on any atom is 0.251 e. The number of hydrogen-bond donors (Lipinski definition) is 1. The van der Waals surface area contributed by atoms with Gasteiger partial charge in [-0.25, -0.2) is 4.39 Å². The van der Waals surface area contributed by atoms with Crippen LogP contribution in [0.15, 0.2) is 53.3 Å². The molecule has 5 heteroatoms. The van der Waals surface area contributed by atoms with Gasteiger partial charge in [0, 0.05) is 11.5 Å². The van der Waals surface area contributed by atoms with Gasteiger partial charge in [0.25, 0.3) is 5.56 Å². The fourth-order valence-corrected chi connectivity index (χ4v) is 2.84. The molecule has 0 saturated heterocycles. The van der Waals surface area contributed by atoms with E-state index in [4.69, 9.17) is 0 Å². The number of aromatic nitrogens is 1. The average Bonchev–Trinajstić information content (AvgIpc) is 2.54. The van der Waals surface area contributed by atoms with Gasteiger partial charge in [-0.2, -0.15) is 0 Å². The lowest BCUT2D eigenvalue weighted by atomic mass is 10.1. The number of benzene rings is 2. The number of hydrogen-bond acceptors (Lipinski definition) is 2. The van der Waals surface area contributed by atoms with Crippen molar-refractivity contribution in [2.75, 3.05) is 5.32 Å². The number of para-hydroxylation sites is 2. The van der Waals surface area contributed by atoms with Crippen LogP contribution in [-0.2, 0) is 11.3 Å². The third-order valence-corrected chi connectivity index (χ3v) is 3.99. The van der Waals surface area contributed by atoms with Crippen LogP contribution < -0.4 is 10.9 Å². The summed E-state index contributed by atoms with van der Waals surface area (Å²) in [5.74, 6) is -0.959. The first-order valence-electron chi connectivity index (χ1n) is 7.61. The molecule has 3 rings (SSSR count). The number of rotatable bonds is 3. The van der Waals surface area contributed by atoms with E-state index >= 15 is 0 Å². The molecule has 1 heterocycles. The van der Waals surface area contributed by atoms with Crippen LogP contribution in [0, 0.1) is 19.7 Å². The van der Waals surface area contributed by atoms with Gasteiger partial charge in [0.2, 0.25) is 5.91 Å². The number of fused-ring (bicyclic) bond motifs is 1. The first-order valence-corrected chi connectivity index (χ1v) is 7.61. The molecule has 0 aliphatic carbocycles. The second-order valence-corrected chi connectivity index (χ2v) is 5.75. The Morgan fingerprint density at radius 2 is 1.83 bits per heavy atom. The maximum absolute atomic E-state index is 13.7. The number of pyridine rings is 1. The fourth-order valence-electron chi connectivity index (χ4n) is 2.84. The number of carbonyl (C=O) groups is 1. The third-order valence-electron chi connectivity index (χ3n) is 3.99. The lowest BCUT2D eigenvalue weighted by Crippen LogP contribution is -2.28. The number of nitrogens with one attached hydrogen (secondary N) is 1. The van der Waals surface area contributed by atoms with Crippen LogP contribution in [-0.4, -0.2) is 10.5 Å². The Hall–Kier alpha value is -2.95. The predicted octanol–water partition coefficient (Wildman–Crippen LogP) is 3.40. The van der Waals surface area contributed by atoms with E-state index in [-0.39, 0.29) is 17.8 Å². The summed E-state index contributed by atoms with van der Waals surface area (Å²) in [6.45, 7) is 3.59. The number of nitrogens with zero attached hydrogens (tertiary/aromatic N) is 1. The molecule has 2 aromatic carbocycles. The van der Waals surface area contributed by atoms with Crippen molar-refractivity contribution >= 4 is 22.5 Å². The fraction of sp³-hybridized carbons (Fsp3) is 0.158. The highest BCUT2D eigenvalue weighted by Gasteiger charge is 2.13. The molecule has 4 nitrogen and oxygen atoms in total. The lowest BCUT2D eigenvalue weighted by molar-refractivity contribution is -0.116. The van der Waals surface area contributed by atoms with E-state index in [9.17, 15) is 14.0 Å². The van der Waals surface area contributed by atoms with Crippen LogP contribution in [0.25, 0.3) is 10.9 Å². The van der Waals surface area contributed by atoms with Crippen molar-refractivity contribution in [3.05, 3.63) is 75.8 Å². The van der Waals surface area contributed by atoms with Crippen molar-refractivity contribution in [1.29, 1.82) is 0 Å². The zero-order valence-electron chi connectivity index (χ0n) is 13.5. The molecular weight excluding hydrogens is 307 g/mol. The Labute approximate surface area is 138 Å². The van der Waals surface area contributed by atoms with Crippen LogP contribution >= 0.6 is 0 Å².